The Balaban J connectivity index is 1.28. The van der Waals surface area contributed by atoms with Crippen molar-refractivity contribution in [3.8, 4) is 17.2 Å². The van der Waals surface area contributed by atoms with Crippen LogP contribution in [0.5, 0.6) is 0 Å². The summed E-state index contributed by atoms with van der Waals surface area (Å²) in [4.78, 5) is 26.7. The monoisotopic (exact) mass is 522 g/mol. The number of benzene rings is 1. The highest BCUT2D eigenvalue weighted by molar-refractivity contribution is 7.14. The van der Waals surface area contributed by atoms with Gasteiger partial charge in [0.25, 0.3) is 5.91 Å². The van der Waals surface area contributed by atoms with Crippen LogP contribution in [-0.4, -0.2) is 39.6 Å². The Morgan fingerprint density at radius 1 is 1.22 bits per heavy atom. The molecule has 0 atom stereocenters. The van der Waals surface area contributed by atoms with Crippen LogP contribution in [0.15, 0.2) is 41.9 Å². The Kier molecular flexibility index (Phi) is 6.84. The molecule has 1 saturated carbocycles. The first-order chi connectivity index (χ1) is 17.4. The number of nitrogens with two attached hydrogens (primary N) is 1. The van der Waals surface area contributed by atoms with Crippen LogP contribution in [0.2, 0.25) is 4.34 Å². The number of thiophene rings is 1. The van der Waals surface area contributed by atoms with E-state index in [0.29, 0.717) is 12.8 Å². The van der Waals surface area contributed by atoms with Crippen molar-refractivity contribution in [2.75, 3.05) is 18.4 Å². The summed E-state index contributed by atoms with van der Waals surface area (Å²) in [7, 11) is 0. The highest BCUT2D eigenvalue weighted by Gasteiger charge is 2.39. The van der Waals surface area contributed by atoms with Crippen LogP contribution < -0.4 is 11.1 Å². The lowest BCUT2D eigenvalue weighted by Crippen LogP contribution is -2.46. The molecule has 2 aromatic heterocycles. The molecule has 1 aromatic carbocycles. The third-order valence-corrected chi connectivity index (χ3v) is 8.20. The number of hydrogen-bond acceptors (Lipinski definition) is 6. The molecule has 8 nitrogen and oxygen atoms in total. The van der Waals surface area contributed by atoms with Gasteiger partial charge in [-0.3, -0.25) is 19.2 Å². The van der Waals surface area contributed by atoms with Gasteiger partial charge in [-0.25, -0.2) is 0 Å². The maximum Gasteiger partial charge on any atom is 0.254 e. The molecular weight excluding hydrogens is 496 g/mol. The van der Waals surface area contributed by atoms with Crippen LogP contribution in [0.1, 0.15) is 48.0 Å². The number of likely N-dealkylation sites (tertiary alicyclic amines) is 1. The number of halogens is 1. The molecule has 2 aliphatic rings. The van der Waals surface area contributed by atoms with E-state index in [0.717, 1.165) is 47.9 Å². The topological polar surface area (TPSA) is 117 Å². The Hall–Kier alpha value is -3.19. The van der Waals surface area contributed by atoms with E-state index in [1.165, 1.54) is 16.9 Å². The number of nitriles is 1. The fourth-order valence-electron chi connectivity index (χ4n) is 4.74. The van der Waals surface area contributed by atoms with E-state index in [2.05, 4.69) is 51.0 Å². The molecule has 0 radical (unpaired) electrons. The maximum atomic E-state index is 12.3. The van der Waals surface area contributed by atoms with E-state index in [1.54, 1.807) is 10.9 Å². The number of hydrogen-bond donors (Lipinski definition) is 2. The maximum absolute atomic E-state index is 12.3. The molecular formula is C26H27ClN6O2S. The predicted octanol–water partition coefficient (Wildman–Crippen LogP) is 4.62. The number of amides is 2. The summed E-state index contributed by atoms with van der Waals surface area (Å²) in [5, 5.41) is 19.0. The predicted molar refractivity (Wildman–Crippen MR) is 140 cm³/mol. The standard InChI is InChI=1S/C26H27ClN6O2S/c27-22-13-20(16-36-22)18-3-1-17(2-4-18)14-32-11-8-26(7-10-28,9-12-32)33-15-21(23(29)34)24(31-33)30-25(35)19-5-6-19/h1-4,13,15-16,19H,5-9,11-12,14H2,(H2,29,34)(H,30,31,35). The first kappa shape index (κ1) is 24.5. The van der Waals surface area contributed by atoms with Gasteiger partial charge < -0.3 is 11.1 Å². The van der Waals surface area contributed by atoms with Crippen LogP contribution in [0.3, 0.4) is 0 Å². The highest BCUT2D eigenvalue weighted by Crippen LogP contribution is 2.36. The van der Waals surface area contributed by atoms with Gasteiger partial charge in [0.2, 0.25) is 5.91 Å². The van der Waals surface area contributed by atoms with Crippen molar-refractivity contribution in [1.29, 1.82) is 5.26 Å². The van der Waals surface area contributed by atoms with Crippen molar-refractivity contribution >= 4 is 40.6 Å². The number of carbonyl (C=O) groups excluding carboxylic acids is 2. The number of rotatable bonds is 8. The van der Waals surface area contributed by atoms with Gasteiger partial charge in [-0.05, 0) is 48.4 Å². The lowest BCUT2D eigenvalue weighted by atomic mass is 9.84. The zero-order valence-electron chi connectivity index (χ0n) is 19.7. The normalized spacial score (nSPS) is 17.4. The van der Waals surface area contributed by atoms with E-state index in [9.17, 15) is 14.9 Å². The van der Waals surface area contributed by atoms with Crippen LogP contribution in [-0.2, 0) is 16.9 Å². The molecule has 0 unspecified atom stereocenters. The van der Waals surface area contributed by atoms with Gasteiger partial charge >= 0.3 is 0 Å². The Morgan fingerprint density at radius 3 is 2.53 bits per heavy atom. The first-order valence-electron chi connectivity index (χ1n) is 12.0. The molecule has 1 aliphatic carbocycles. The van der Waals surface area contributed by atoms with Crippen molar-refractivity contribution < 1.29 is 9.59 Å². The lowest BCUT2D eigenvalue weighted by molar-refractivity contribution is -0.117. The van der Waals surface area contributed by atoms with Crippen molar-refractivity contribution in [2.45, 2.75) is 44.2 Å². The van der Waals surface area contributed by atoms with Gasteiger partial charge in [0.1, 0.15) is 5.56 Å². The highest BCUT2D eigenvalue weighted by atomic mass is 35.5. The minimum Gasteiger partial charge on any atom is -0.365 e. The molecule has 0 bridgehead atoms. The third kappa shape index (κ3) is 5.16. The summed E-state index contributed by atoms with van der Waals surface area (Å²) in [5.74, 6) is -0.625. The number of aromatic nitrogens is 2. The number of piperidine rings is 1. The third-order valence-electron chi connectivity index (χ3n) is 7.11. The molecule has 186 valence electrons. The average Bonchev–Trinajstić information content (AvgIpc) is 3.50. The van der Waals surface area contributed by atoms with Crippen molar-refractivity contribution in [1.82, 2.24) is 14.7 Å². The van der Waals surface area contributed by atoms with Gasteiger partial charge in [-0.1, -0.05) is 35.9 Å². The van der Waals surface area contributed by atoms with E-state index in [-0.39, 0.29) is 29.6 Å². The fourth-order valence-corrected chi connectivity index (χ4v) is 5.63. The number of primary amides is 1. The number of carbonyl (C=O) groups is 2. The largest absolute Gasteiger partial charge is 0.365 e. The quantitative estimate of drug-likeness (QED) is 0.447. The van der Waals surface area contributed by atoms with Crippen molar-refractivity contribution in [3.63, 3.8) is 0 Å². The van der Waals surface area contributed by atoms with Gasteiger partial charge in [-0.2, -0.15) is 10.4 Å². The Bertz CT molecular complexity index is 1310. The molecule has 3 aromatic rings. The Labute approximate surface area is 218 Å². The molecule has 1 aliphatic heterocycles. The second kappa shape index (κ2) is 10.1. The molecule has 2 fully saturated rings. The number of anilines is 1. The minimum atomic E-state index is -0.648. The Morgan fingerprint density at radius 2 is 1.94 bits per heavy atom. The van der Waals surface area contributed by atoms with Gasteiger partial charge in [0.15, 0.2) is 5.82 Å². The number of nitrogens with zero attached hydrogens (tertiary/aromatic N) is 4. The molecule has 10 heteroatoms. The molecule has 0 spiro atoms. The van der Waals surface area contributed by atoms with Gasteiger partial charge in [-0.15, -0.1) is 11.3 Å². The number of nitrogens with one attached hydrogen (secondary N) is 1. The summed E-state index contributed by atoms with van der Waals surface area (Å²) in [6.07, 6.45) is 4.93. The first-order valence-corrected chi connectivity index (χ1v) is 13.3. The smallest absolute Gasteiger partial charge is 0.254 e. The molecule has 3 N–H and O–H groups in total. The van der Waals surface area contributed by atoms with E-state index < -0.39 is 11.4 Å². The molecule has 3 heterocycles. The summed E-state index contributed by atoms with van der Waals surface area (Å²) in [6, 6.07) is 12.8. The molecule has 5 rings (SSSR count). The zero-order chi connectivity index (χ0) is 25.3. The van der Waals surface area contributed by atoms with Crippen LogP contribution in [0.4, 0.5) is 5.82 Å². The average molecular weight is 523 g/mol. The van der Waals surface area contributed by atoms with Crippen molar-refractivity contribution in [2.24, 2.45) is 11.7 Å². The summed E-state index contributed by atoms with van der Waals surface area (Å²) >= 11 is 7.59. The minimum absolute atomic E-state index is 0.0238. The van der Waals surface area contributed by atoms with Crippen LogP contribution >= 0.6 is 22.9 Å². The SMILES string of the molecule is N#CCC1(n2cc(C(N)=O)c(NC(=O)C3CC3)n2)CCN(Cc2ccc(-c3csc(Cl)c3)cc2)CC1. The summed E-state index contributed by atoms with van der Waals surface area (Å²) in [6.45, 7) is 2.36. The summed E-state index contributed by atoms with van der Waals surface area (Å²) < 4.78 is 2.47. The molecule has 2 amide bonds. The van der Waals surface area contributed by atoms with Gasteiger partial charge in [0, 0.05) is 37.1 Å². The van der Waals surface area contributed by atoms with Gasteiger partial charge in [0.05, 0.1) is 22.4 Å². The lowest BCUT2D eigenvalue weighted by Gasteiger charge is -2.40. The van der Waals surface area contributed by atoms with Crippen LogP contribution in [0.25, 0.3) is 11.1 Å². The molecule has 1 saturated heterocycles. The zero-order valence-corrected chi connectivity index (χ0v) is 21.3. The van der Waals surface area contributed by atoms with Crippen LogP contribution in [0, 0.1) is 17.2 Å². The molecule has 36 heavy (non-hydrogen) atoms. The van der Waals surface area contributed by atoms with Crippen molar-refractivity contribution in [3.05, 3.63) is 57.4 Å². The second-order valence-electron chi connectivity index (χ2n) is 9.64. The summed E-state index contributed by atoms with van der Waals surface area (Å²) in [5.41, 5.74) is 8.68. The van der Waals surface area contributed by atoms with E-state index >= 15 is 0 Å². The van der Waals surface area contributed by atoms with E-state index in [4.69, 9.17) is 17.3 Å². The fraction of sp³-hybridized carbons (Fsp3) is 0.385. The van der Waals surface area contributed by atoms with E-state index in [1.807, 2.05) is 6.07 Å². The second-order valence-corrected chi connectivity index (χ2v) is 11.2.